The molecule has 1 aliphatic heterocycles. The van der Waals surface area contributed by atoms with Gasteiger partial charge < -0.3 is 14.2 Å². The van der Waals surface area contributed by atoms with Gasteiger partial charge in [-0.25, -0.2) is 4.98 Å². The predicted molar refractivity (Wildman–Crippen MR) is 136 cm³/mol. The second-order valence-electron chi connectivity index (χ2n) is 7.85. The van der Waals surface area contributed by atoms with Gasteiger partial charge in [0, 0.05) is 47.7 Å². The highest BCUT2D eigenvalue weighted by molar-refractivity contribution is 7.14. The third-order valence-corrected chi connectivity index (χ3v) is 6.82. The second-order valence-corrected chi connectivity index (χ2v) is 9.13. The van der Waals surface area contributed by atoms with Crippen LogP contribution in [0.1, 0.15) is 16.8 Å². The predicted octanol–water partition coefficient (Wildman–Crippen LogP) is 4.85. The third-order valence-electron chi connectivity index (χ3n) is 5.70. The van der Waals surface area contributed by atoms with Crippen LogP contribution >= 0.6 is 22.9 Å². The molecule has 34 heavy (non-hydrogen) atoms. The Balaban J connectivity index is 1.59. The summed E-state index contributed by atoms with van der Waals surface area (Å²) in [5, 5.41) is 3.18. The maximum absolute atomic E-state index is 13.5. The van der Waals surface area contributed by atoms with E-state index in [1.165, 1.54) is 11.3 Å². The minimum absolute atomic E-state index is 0.0999. The number of carbonyl (C=O) groups excluding carboxylic acids is 1. The average Bonchev–Trinajstić information content (AvgIpc) is 3.36. The number of rotatable bonds is 9. The van der Waals surface area contributed by atoms with Gasteiger partial charge in [0.2, 0.25) is 0 Å². The van der Waals surface area contributed by atoms with Crippen molar-refractivity contribution in [1.29, 1.82) is 0 Å². The van der Waals surface area contributed by atoms with Gasteiger partial charge in [-0.1, -0.05) is 11.6 Å². The molecule has 0 N–H and O–H groups in total. The first kappa shape index (κ1) is 24.5. The van der Waals surface area contributed by atoms with Crippen LogP contribution in [0.3, 0.4) is 0 Å². The number of methoxy groups -OCH3 is 2. The highest BCUT2D eigenvalue weighted by Crippen LogP contribution is 2.36. The number of nitrogens with zero attached hydrogens (tertiary/aromatic N) is 3. The van der Waals surface area contributed by atoms with Crippen molar-refractivity contribution >= 4 is 34.0 Å². The Bertz CT molecular complexity index is 1100. The van der Waals surface area contributed by atoms with Crippen molar-refractivity contribution < 1.29 is 19.0 Å². The Morgan fingerprint density at radius 1 is 1.15 bits per heavy atom. The molecule has 180 valence electrons. The van der Waals surface area contributed by atoms with Crippen LogP contribution in [0, 0.1) is 0 Å². The molecule has 7 nitrogen and oxygen atoms in total. The molecule has 2 heterocycles. The van der Waals surface area contributed by atoms with E-state index in [0.717, 1.165) is 50.5 Å². The van der Waals surface area contributed by atoms with Crippen LogP contribution in [-0.2, 0) is 4.74 Å². The summed E-state index contributed by atoms with van der Waals surface area (Å²) in [6.07, 6.45) is 0.830. The van der Waals surface area contributed by atoms with E-state index in [0.29, 0.717) is 33.8 Å². The highest BCUT2D eigenvalue weighted by Gasteiger charge is 2.22. The molecule has 1 aromatic heterocycles. The van der Waals surface area contributed by atoms with Gasteiger partial charge in [0.15, 0.2) is 5.13 Å². The third kappa shape index (κ3) is 5.88. The molecule has 1 amide bonds. The van der Waals surface area contributed by atoms with Crippen molar-refractivity contribution in [3.8, 4) is 22.8 Å². The molecular weight excluding hydrogens is 474 g/mol. The van der Waals surface area contributed by atoms with Crippen LogP contribution in [0.25, 0.3) is 11.3 Å². The normalized spacial score (nSPS) is 14.1. The Hall–Kier alpha value is -2.65. The fourth-order valence-corrected chi connectivity index (χ4v) is 4.81. The zero-order valence-electron chi connectivity index (χ0n) is 19.3. The molecular formula is C25H28ClN3O4S. The summed E-state index contributed by atoms with van der Waals surface area (Å²) in [6.45, 7) is 4.80. The Labute approximate surface area is 208 Å². The van der Waals surface area contributed by atoms with E-state index in [1.807, 2.05) is 23.6 Å². The summed E-state index contributed by atoms with van der Waals surface area (Å²) < 4.78 is 16.3. The van der Waals surface area contributed by atoms with E-state index in [4.69, 9.17) is 30.8 Å². The van der Waals surface area contributed by atoms with E-state index in [1.54, 1.807) is 43.4 Å². The number of carbonyl (C=O) groups is 1. The van der Waals surface area contributed by atoms with Gasteiger partial charge in [-0.3, -0.25) is 14.6 Å². The van der Waals surface area contributed by atoms with E-state index >= 15 is 0 Å². The van der Waals surface area contributed by atoms with E-state index in [-0.39, 0.29) is 5.91 Å². The molecule has 0 atom stereocenters. The van der Waals surface area contributed by atoms with Crippen LogP contribution in [0.5, 0.6) is 11.5 Å². The van der Waals surface area contributed by atoms with Crippen LogP contribution in [-0.4, -0.2) is 69.4 Å². The second kappa shape index (κ2) is 11.7. The molecule has 2 aromatic carbocycles. The largest absolute Gasteiger partial charge is 0.497 e. The molecule has 3 aromatic rings. The van der Waals surface area contributed by atoms with Gasteiger partial charge in [-0.15, -0.1) is 11.3 Å². The van der Waals surface area contributed by atoms with Crippen molar-refractivity contribution in [3.63, 3.8) is 0 Å². The SMILES string of the molecule is COc1ccc(OC)c(-c2csc(N(CCCN3CCOCC3)C(=O)c3ccc(Cl)cc3)n2)c1. The number of anilines is 1. The first-order valence-corrected chi connectivity index (χ1v) is 12.4. The smallest absolute Gasteiger partial charge is 0.260 e. The molecule has 0 radical (unpaired) electrons. The number of aromatic nitrogens is 1. The highest BCUT2D eigenvalue weighted by atomic mass is 35.5. The van der Waals surface area contributed by atoms with Crippen molar-refractivity contribution in [2.75, 3.05) is 58.5 Å². The van der Waals surface area contributed by atoms with E-state index in [2.05, 4.69) is 4.90 Å². The zero-order valence-corrected chi connectivity index (χ0v) is 20.9. The minimum atomic E-state index is -0.0999. The number of halogens is 1. The number of hydrogen-bond donors (Lipinski definition) is 0. The standard InChI is InChI=1S/C25H28ClN3O4S/c1-31-20-8-9-23(32-2)21(16-20)22-17-34-25(27-22)29(11-3-10-28-12-14-33-15-13-28)24(30)18-4-6-19(26)7-5-18/h4-9,16-17H,3,10-15H2,1-2H3. The molecule has 0 unspecified atom stereocenters. The fraction of sp³-hybridized carbons (Fsp3) is 0.360. The number of ether oxygens (including phenoxy) is 3. The molecule has 1 aliphatic rings. The average molecular weight is 502 g/mol. The van der Waals surface area contributed by atoms with Crippen molar-refractivity contribution in [3.05, 3.63) is 58.4 Å². The van der Waals surface area contributed by atoms with Gasteiger partial charge in [0.05, 0.1) is 33.1 Å². The Morgan fingerprint density at radius 3 is 2.62 bits per heavy atom. The molecule has 1 fully saturated rings. The van der Waals surface area contributed by atoms with Crippen LogP contribution in [0.2, 0.25) is 5.02 Å². The van der Waals surface area contributed by atoms with Crippen LogP contribution in [0.4, 0.5) is 5.13 Å². The lowest BCUT2D eigenvalue weighted by Gasteiger charge is -2.27. The first-order chi connectivity index (χ1) is 16.6. The van der Waals surface area contributed by atoms with Gasteiger partial charge in [0.1, 0.15) is 11.5 Å². The number of thiazole rings is 1. The Kier molecular flexibility index (Phi) is 8.39. The summed E-state index contributed by atoms with van der Waals surface area (Å²) in [7, 11) is 3.25. The molecule has 1 saturated heterocycles. The number of amides is 1. The van der Waals surface area contributed by atoms with Crippen molar-refractivity contribution in [1.82, 2.24) is 9.88 Å². The van der Waals surface area contributed by atoms with Crippen LogP contribution < -0.4 is 14.4 Å². The van der Waals surface area contributed by atoms with Gasteiger partial charge in [-0.2, -0.15) is 0 Å². The zero-order chi connectivity index (χ0) is 23.9. The summed E-state index contributed by atoms with van der Waals surface area (Å²) in [5.74, 6) is 1.31. The Morgan fingerprint density at radius 2 is 1.91 bits per heavy atom. The fourth-order valence-electron chi connectivity index (χ4n) is 3.84. The first-order valence-electron chi connectivity index (χ1n) is 11.1. The topological polar surface area (TPSA) is 64.1 Å². The molecule has 0 bridgehead atoms. The summed E-state index contributed by atoms with van der Waals surface area (Å²) >= 11 is 7.47. The lowest BCUT2D eigenvalue weighted by Crippen LogP contribution is -2.39. The number of benzene rings is 2. The lowest BCUT2D eigenvalue weighted by molar-refractivity contribution is 0.0376. The number of morpholine rings is 1. The lowest BCUT2D eigenvalue weighted by atomic mass is 10.1. The summed E-state index contributed by atoms with van der Waals surface area (Å²) in [6, 6.07) is 12.5. The molecule has 4 rings (SSSR count). The van der Waals surface area contributed by atoms with E-state index in [9.17, 15) is 4.79 Å². The van der Waals surface area contributed by atoms with E-state index < -0.39 is 0 Å². The van der Waals surface area contributed by atoms with Crippen molar-refractivity contribution in [2.24, 2.45) is 0 Å². The molecule has 0 saturated carbocycles. The van der Waals surface area contributed by atoms with Gasteiger partial charge in [-0.05, 0) is 48.9 Å². The maximum atomic E-state index is 13.5. The maximum Gasteiger partial charge on any atom is 0.260 e. The van der Waals surface area contributed by atoms with Crippen molar-refractivity contribution in [2.45, 2.75) is 6.42 Å². The quantitative estimate of drug-likeness (QED) is 0.417. The summed E-state index contributed by atoms with van der Waals surface area (Å²) in [4.78, 5) is 22.4. The molecule has 0 spiro atoms. The summed E-state index contributed by atoms with van der Waals surface area (Å²) in [5.41, 5.74) is 2.13. The number of hydrogen-bond acceptors (Lipinski definition) is 7. The van der Waals surface area contributed by atoms with Crippen LogP contribution in [0.15, 0.2) is 47.8 Å². The van der Waals surface area contributed by atoms with Gasteiger partial charge in [0.25, 0.3) is 5.91 Å². The minimum Gasteiger partial charge on any atom is -0.497 e. The van der Waals surface area contributed by atoms with Gasteiger partial charge >= 0.3 is 0 Å². The molecule has 9 heteroatoms. The molecule has 0 aliphatic carbocycles. The monoisotopic (exact) mass is 501 g/mol.